The zero-order chi connectivity index (χ0) is 6.85. The second kappa shape index (κ2) is 2.96. The highest BCUT2D eigenvalue weighted by Gasteiger charge is 2.31. The van der Waals surface area contributed by atoms with E-state index in [0.29, 0.717) is 6.42 Å². The maximum absolute atomic E-state index is 9.04. The van der Waals surface area contributed by atoms with Gasteiger partial charge in [-0.2, -0.15) is 0 Å². The summed E-state index contributed by atoms with van der Waals surface area (Å²) in [5.74, 6) is 0. The molecule has 2 N–H and O–H groups in total. The van der Waals surface area contributed by atoms with E-state index in [1.54, 1.807) is 0 Å². The number of ether oxygens (including phenoxy) is 1. The van der Waals surface area contributed by atoms with Crippen molar-refractivity contribution in [2.24, 2.45) is 0 Å². The fraction of sp³-hybridized carbons (Fsp3) is 1.00. The zero-order valence-electron chi connectivity index (χ0n) is 4.83. The number of aliphatic hydroxyl groups excluding tert-OH is 2. The van der Waals surface area contributed by atoms with Crippen molar-refractivity contribution in [3.63, 3.8) is 0 Å². The van der Waals surface area contributed by atoms with Crippen LogP contribution in [0, 0.1) is 0 Å². The van der Waals surface area contributed by atoms with Crippen molar-refractivity contribution in [1.82, 2.24) is 0 Å². The molecule has 1 fully saturated rings. The van der Waals surface area contributed by atoms with Crippen molar-refractivity contribution in [3.05, 3.63) is 0 Å². The van der Waals surface area contributed by atoms with Crippen molar-refractivity contribution >= 4 is 15.9 Å². The van der Waals surface area contributed by atoms with Crippen molar-refractivity contribution in [3.8, 4) is 0 Å². The van der Waals surface area contributed by atoms with Crippen LogP contribution in [0.25, 0.3) is 0 Å². The molecule has 0 amide bonds. The lowest BCUT2D eigenvalue weighted by Crippen LogP contribution is -2.24. The third-order valence-electron chi connectivity index (χ3n) is 1.36. The Labute approximate surface area is 61.8 Å². The Balaban J connectivity index is 2.38. The first-order valence-corrected chi connectivity index (χ1v) is 3.74. The predicted molar refractivity (Wildman–Crippen MR) is 35.3 cm³/mol. The molecule has 3 atom stereocenters. The molecule has 54 valence electrons. The van der Waals surface area contributed by atoms with Crippen LogP contribution < -0.4 is 0 Å². The number of hydrogen-bond donors (Lipinski definition) is 2. The van der Waals surface area contributed by atoms with E-state index in [9.17, 15) is 0 Å². The van der Waals surface area contributed by atoms with Gasteiger partial charge in [-0.1, -0.05) is 15.9 Å². The lowest BCUT2D eigenvalue weighted by atomic mass is 10.2. The molecule has 1 aliphatic heterocycles. The first kappa shape index (κ1) is 7.47. The molecule has 0 saturated carbocycles. The third-order valence-corrected chi connectivity index (χ3v) is 1.95. The maximum Gasteiger partial charge on any atom is 0.115 e. The van der Waals surface area contributed by atoms with Crippen LogP contribution >= 0.6 is 15.9 Å². The van der Waals surface area contributed by atoms with E-state index >= 15 is 0 Å². The topological polar surface area (TPSA) is 49.7 Å². The summed E-state index contributed by atoms with van der Waals surface area (Å²) < 4.78 is 5.04. The summed E-state index contributed by atoms with van der Waals surface area (Å²) in [6, 6.07) is 0. The highest BCUT2D eigenvalue weighted by Crippen LogP contribution is 2.23. The van der Waals surface area contributed by atoms with Gasteiger partial charge in [-0.15, -0.1) is 0 Å². The summed E-state index contributed by atoms with van der Waals surface area (Å²) in [7, 11) is 0. The molecule has 0 radical (unpaired) electrons. The minimum atomic E-state index is -0.514. The van der Waals surface area contributed by atoms with Crippen molar-refractivity contribution < 1.29 is 14.9 Å². The molecule has 1 heterocycles. The second-order valence-corrected chi connectivity index (χ2v) is 3.09. The molecule has 0 spiro atoms. The molecule has 1 rings (SSSR count). The fourth-order valence-electron chi connectivity index (χ4n) is 0.842. The molecule has 0 aromatic heterocycles. The molecule has 0 aromatic carbocycles. The van der Waals surface area contributed by atoms with Crippen LogP contribution in [-0.2, 0) is 4.74 Å². The SMILES string of the molecule is OCC1OC(Br)CC1O. The fourth-order valence-corrected chi connectivity index (χ4v) is 1.50. The monoisotopic (exact) mass is 196 g/mol. The third kappa shape index (κ3) is 1.64. The van der Waals surface area contributed by atoms with Gasteiger partial charge in [0.05, 0.1) is 12.7 Å². The second-order valence-electron chi connectivity index (χ2n) is 2.07. The van der Waals surface area contributed by atoms with E-state index < -0.39 is 12.2 Å². The Morgan fingerprint density at radius 2 is 2.33 bits per heavy atom. The van der Waals surface area contributed by atoms with Crippen molar-refractivity contribution in [2.45, 2.75) is 23.6 Å². The first-order valence-electron chi connectivity index (χ1n) is 2.82. The Kier molecular flexibility index (Phi) is 2.46. The summed E-state index contributed by atoms with van der Waals surface area (Å²) in [6.07, 6.45) is -0.348. The molecular formula is C5H9BrO3. The Hall–Kier alpha value is 0.360. The van der Waals surface area contributed by atoms with Gasteiger partial charge in [0.15, 0.2) is 0 Å². The summed E-state index contributed by atoms with van der Waals surface area (Å²) in [5, 5.41) is 17.5. The summed E-state index contributed by atoms with van der Waals surface area (Å²) in [5.41, 5.74) is 0. The van der Waals surface area contributed by atoms with Gasteiger partial charge in [-0.3, -0.25) is 0 Å². The number of halogens is 1. The van der Waals surface area contributed by atoms with Crippen LogP contribution in [0.15, 0.2) is 0 Å². The van der Waals surface area contributed by atoms with Gasteiger partial charge in [0.1, 0.15) is 11.1 Å². The minimum absolute atomic E-state index is 0.0929. The van der Waals surface area contributed by atoms with Crippen LogP contribution in [0.1, 0.15) is 6.42 Å². The van der Waals surface area contributed by atoms with E-state index in [0.717, 1.165) is 0 Å². The Bertz CT molecular complexity index is 98.2. The van der Waals surface area contributed by atoms with Crippen LogP contribution in [-0.4, -0.2) is 34.0 Å². The van der Waals surface area contributed by atoms with E-state index in [-0.39, 0.29) is 11.6 Å². The van der Waals surface area contributed by atoms with Crippen LogP contribution in [0.2, 0.25) is 0 Å². The quantitative estimate of drug-likeness (QED) is 0.574. The normalized spacial score (nSPS) is 43.7. The molecule has 0 aromatic rings. The molecule has 4 heteroatoms. The van der Waals surface area contributed by atoms with Crippen molar-refractivity contribution in [1.29, 1.82) is 0 Å². The van der Waals surface area contributed by atoms with Gasteiger partial charge < -0.3 is 14.9 Å². The van der Waals surface area contributed by atoms with Crippen LogP contribution in [0.3, 0.4) is 0 Å². The minimum Gasteiger partial charge on any atom is -0.394 e. The highest BCUT2D eigenvalue weighted by molar-refractivity contribution is 9.09. The zero-order valence-corrected chi connectivity index (χ0v) is 6.41. The van der Waals surface area contributed by atoms with Crippen LogP contribution in [0.4, 0.5) is 0 Å². The number of rotatable bonds is 1. The van der Waals surface area contributed by atoms with E-state index in [1.807, 2.05) is 0 Å². The Morgan fingerprint density at radius 1 is 1.67 bits per heavy atom. The molecule has 0 bridgehead atoms. The lowest BCUT2D eigenvalue weighted by Gasteiger charge is -2.08. The first-order chi connectivity index (χ1) is 4.24. The Morgan fingerprint density at radius 3 is 2.56 bits per heavy atom. The number of aliphatic hydroxyl groups is 2. The standard InChI is InChI=1S/C5H9BrO3/c6-5-1-3(8)4(2-7)9-5/h3-5,7-8H,1-2H2. The number of hydrogen-bond acceptors (Lipinski definition) is 3. The molecule has 1 saturated heterocycles. The molecule has 1 aliphatic rings. The summed E-state index contributed by atoms with van der Waals surface area (Å²) in [4.78, 5) is 0. The van der Waals surface area contributed by atoms with Gasteiger partial charge >= 0.3 is 0 Å². The van der Waals surface area contributed by atoms with Gasteiger partial charge in [-0.25, -0.2) is 0 Å². The smallest absolute Gasteiger partial charge is 0.115 e. The largest absolute Gasteiger partial charge is 0.394 e. The summed E-state index contributed by atoms with van der Waals surface area (Å²) >= 11 is 3.17. The van der Waals surface area contributed by atoms with E-state index in [2.05, 4.69) is 15.9 Å². The van der Waals surface area contributed by atoms with E-state index in [1.165, 1.54) is 0 Å². The lowest BCUT2D eigenvalue weighted by molar-refractivity contribution is -0.00125. The van der Waals surface area contributed by atoms with Gasteiger partial charge in [0, 0.05) is 6.42 Å². The van der Waals surface area contributed by atoms with Crippen molar-refractivity contribution in [2.75, 3.05) is 6.61 Å². The van der Waals surface area contributed by atoms with Gasteiger partial charge in [0.2, 0.25) is 0 Å². The number of alkyl halides is 1. The predicted octanol–water partition coefficient (Wildman–Crippen LogP) is -0.151. The van der Waals surface area contributed by atoms with Crippen LogP contribution in [0.5, 0.6) is 0 Å². The average Bonchev–Trinajstić information content (AvgIpc) is 2.10. The van der Waals surface area contributed by atoms with Gasteiger partial charge in [-0.05, 0) is 0 Å². The molecule has 3 unspecified atom stereocenters. The molecule has 0 aliphatic carbocycles. The molecular weight excluding hydrogens is 188 g/mol. The highest BCUT2D eigenvalue weighted by atomic mass is 79.9. The maximum atomic E-state index is 9.04. The molecule has 3 nitrogen and oxygen atoms in total. The van der Waals surface area contributed by atoms with Gasteiger partial charge in [0.25, 0.3) is 0 Å². The summed E-state index contributed by atoms with van der Waals surface area (Å²) in [6.45, 7) is -0.108. The average molecular weight is 197 g/mol. The van der Waals surface area contributed by atoms with E-state index in [4.69, 9.17) is 14.9 Å². The molecule has 9 heavy (non-hydrogen) atoms.